The van der Waals surface area contributed by atoms with Crippen LogP contribution in [-0.2, 0) is 44.2 Å². The number of halogens is 2. The predicted molar refractivity (Wildman–Crippen MR) is 222 cm³/mol. The molecule has 12 nitrogen and oxygen atoms in total. The van der Waals surface area contributed by atoms with E-state index in [0.29, 0.717) is 22.9 Å². The van der Waals surface area contributed by atoms with Crippen LogP contribution in [0.5, 0.6) is 0 Å². The Balaban J connectivity index is 0.000000175. The minimum Gasteiger partial charge on any atom is -0.478 e. The third-order valence-electron chi connectivity index (χ3n) is 10.4. The molecular weight excluding hydrogens is 884 g/mol. The van der Waals surface area contributed by atoms with Gasteiger partial charge in [-0.2, -0.15) is 8.42 Å². The minimum absolute atomic E-state index is 0.170. The molecule has 0 aromatic heterocycles. The molecule has 3 saturated heterocycles. The molecular formula is C42H48Br2N2O10S. The van der Waals surface area contributed by atoms with E-state index >= 15 is 0 Å². The van der Waals surface area contributed by atoms with Crippen molar-refractivity contribution >= 4 is 54.2 Å². The van der Waals surface area contributed by atoms with Gasteiger partial charge in [0.2, 0.25) is 0 Å². The van der Waals surface area contributed by atoms with Crippen molar-refractivity contribution in [2.24, 2.45) is 0 Å². The van der Waals surface area contributed by atoms with Crippen molar-refractivity contribution in [3.63, 3.8) is 0 Å². The molecule has 4 aliphatic heterocycles. The van der Waals surface area contributed by atoms with E-state index in [1.807, 2.05) is 42.5 Å². The van der Waals surface area contributed by atoms with Crippen LogP contribution in [0, 0.1) is 0 Å². The summed E-state index contributed by atoms with van der Waals surface area (Å²) in [5.74, 6) is -1.19. The molecule has 8 rings (SSSR count). The maximum Gasteiger partial charge on any atom is 0.394 e. The van der Waals surface area contributed by atoms with Crippen LogP contribution < -0.4 is 0 Å². The molecule has 0 amide bonds. The molecule has 4 aliphatic rings. The number of esters is 1. The van der Waals surface area contributed by atoms with Crippen molar-refractivity contribution in [2.45, 2.75) is 62.8 Å². The van der Waals surface area contributed by atoms with Crippen LogP contribution in [0.4, 0.5) is 0 Å². The number of carbonyl (C=O) groups is 2. The van der Waals surface area contributed by atoms with Gasteiger partial charge in [-0.3, -0.25) is 18.9 Å². The van der Waals surface area contributed by atoms with Crippen LogP contribution in [0.2, 0.25) is 0 Å². The Kier molecular flexibility index (Phi) is 16.0. The fourth-order valence-electron chi connectivity index (χ4n) is 7.46. The quantitative estimate of drug-likeness (QED) is 0.109. The van der Waals surface area contributed by atoms with Crippen LogP contribution >= 0.6 is 31.9 Å². The number of nitrogens with zero attached hydrogens (tertiary/aromatic N) is 2. The van der Waals surface area contributed by atoms with Crippen molar-refractivity contribution in [3.8, 4) is 0 Å². The summed E-state index contributed by atoms with van der Waals surface area (Å²) in [6.07, 6.45) is 5.34. The standard InChI is InChI=1S/C19H20BrNO3.C19H18BrNO2.C4H8O.H2O4S/c20-15-6-7-17(16(12-15)18(22)23)19(24)8-10-21(11-9-19)13-14-4-2-1-3-5-14;20-15-6-7-17-16(12-15)18(22)23-19(17)8-10-21(11-9-19)13-14-4-2-1-3-5-14;1-2-4-5-3-1;1-5(2,3)4/h1-7,12,24H,8-11,13H2,(H,22,23);1-7,12H,8-11,13H2;1-4H2;(H2,1,2,3,4). The lowest BCUT2D eigenvalue weighted by Crippen LogP contribution is -2.42. The van der Waals surface area contributed by atoms with E-state index in [9.17, 15) is 19.8 Å². The summed E-state index contributed by atoms with van der Waals surface area (Å²) in [7, 11) is -4.67. The number of aliphatic hydroxyl groups is 1. The Bertz CT molecular complexity index is 2040. The second kappa shape index (κ2) is 20.5. The fourth-order valence-corrected chi connectivity index (χ4v) is 8.18. The molecule has 4 N–H and O–H groups in total. The number of rotatable bonds is 6. The maximum absolute atomic E-state index is 12.2. The highest BCUT2D eigenvalue weighted by Gasteiger charge is 2.47. The lowest BCUT2D eigenvalue weighted by molar-refractivity contribution is -0.0441. The molecule has 15 heteroatoms. The van der Waals surface area contributed by atoms with Gasteiger partial charge in [0.05, 0.1) is 16.7 Å². The van der Waals surface area contributed by atoms with Crippen LogP contribution in [0.25, 0.3) is 0 Å². The highest BCUT2D eigenvalue weighted by molar-refractivity contribution is 9.10. The van der Waals surface area contributed by atoms with Gasteiger partial charge in [0, 0.05) is 79.8 Å². The Labute approximate surface area is 350 Å². The van der Waals surface area contributed by atoms with E-state index in [0.717, 1.165) is 80.9 Å². The van der Waals surface area contributed by atoms with Crippen molar-refractivity contribution in [2.75, 3.05) is 39.4 Å². The van der Waals surface area contributed by atoms with Crippen LogP contribution in [0.15, 0.2) is 106 Å². The highest BCUT2D eigenvalue weighted by Crippen LogP contribution is 2.45. The zero-order valence-corrected chi connectivity index (χ0v) is 35.4. The number of likely N-dealkylation sites (tertiary alicyclic amines) is 2. The predicted octanol–water partition coefficient (Wildman–Crippen LogP) is 7.89. The van der Waals surface area contributed by atoms with Crippen LogP contribution in [0.3, 0.4) is 0 Å². The summed E-state index contributed by atoms with van der Waals surface area (Å²) in [5, 5.41) is 20.5. The first kappa shape index (κ1) is 44.6. The van der Waals surface area contributed by atoms with E-state index in [1.54, 1.807) is 18.2 Å². The summed E-state index contributed by atoms with van der Waals surface area (Å²) < 4.78 is 44.0. The lowest BCUT2D eigenvalue weighted by atomic mass is 9.82. The van der Waals surface area contributed by atoms with Crippen molar-refractivity contribution in [3.05, 3.63) is 139 Å². The number of carboxylic acids is 1. The van der Waals surface area contributed by atoms with E-state index in [-0.39, 0.29) is 11.5 Å². The van der Waals surface area contributed by atoms with Gasteiger partial charge in [-0.1, -0.05) is 105 Å². The average Bonchev–Trinajstić information content (AvgIpc) is 3.85. The third kappa shape index (κ3) is 13.3. The number of fused-ring (bicyclic) bond motifs is 2. The molecule has 4 heterocycles. The number of carbonyl (C=O) groups excluding carboxylic acids is 1. The normalized spacial score (nSPS) is 18.4. The Hall–Kier alpha value is -3.51. The molecule has 1 spiro atoms. The third-order valence-corrected chi connectivity index (χ3v) is 11.4. The fraction of sp³-hybridized carbons (Fsp3) is 0.381. The number of hydrogen-bond donors (Lipinski definition) is 4. The molecule has 3 fully saturated rings. The van der Waals surface area contributed by atoms with Gasteiger partial charge in [0.1, 0.15) is 5.60 Å². The van der Waals surface area contributed by atoms with Gasteiger partial charge in [0.15, 0.2) is 0 Å². The van der Waals surface area contributed by atoms with E-state index in [4.69, 9.17) is 27.0 Å². The van der Waals surface area contributed by atoms with Gasteiger partial charge in [-0.25, -0.2) is 9.59 Å². The number of hydrogen-bond acceptors (Lipinski definition) is 9. The Morgan fingerprint density at radius 1 is 0.702 bits per heavy atom. The van der Waals surface area contributed by atoms with E-state index < -0.39 is 27.6 Å². The number of carboxylic acid groups (broad SMARTS) is 1. The smallest absolute Gasteiger partial charge is 0.394 e. The minimum atomic E-state index is -4.67. The molecule has 306 valence electrons. The largest absolute Gasteiger partial charge is 0.478 e. The van der Waals surface area contributed by atoms with Gasteiger partial charge < -0.3 is 19.7 Å². The molecule has 0 bridgehead atoms. The van der Waals surface area contributed by atoms with E-state index in [2.05, 4.69) is 78.1 Å². The molecule has 4 aromatic carbocycles. The van der Waals surface area contributed by atoms with Gasteiger partial charge in [-0.15, -0.1) is 0 Å². The number of benzene rings is 4. The SMILES string of the molecule is C1CCOC1.O=C(O)c1cc(Br)ccc1C1(O)CCN(Cc2ccccc2)CC1.O=C1OC2(CCN(Cc3ccccc3)CC2)c2ccc(Br)cc21.O=S(=O)(O)O. The number of aromatic carboxylic acids is 1. The summed E-state index contributed by atoms with van der Waals surface area (Å²) in [6.45, 7) is 7.16. The first-order valence-electron chi connectivity index (χ1n) is 18.7. The maximum atomic E-state index is 12.2. The zero-order valence-electron chi connectivity index (χ0n) is 31.4. The first-order valence-corrected chi connectivity index (χ1v) is 21.7. The Morgan fingerprint density at radius 2 is 1.16 bits per heavy atom. The molecule has 0 radical (unpaired) electrons. The molecule has 0 saturated carbocycles. The van der Waals surface area contributed by atoms with Crippen molar-refractivity contribution in [1.29, 1.82) is 0 Å². The van der Waals surface area contributed by atoms with Crippen molar-refractivity contribution in [1.82, 2.24) is 9.80 Å². The number of ether oxygens (including phenoxy) is 2. The average molecular weight is 933 g/mol. The second-order valence-electron chi connectivity index (χ2n) is 14.4. The van der Waals surface area contributed by atoms with Crippen molar-refractivity contribution < 1.29 is 46.8 Å². The summed E-state index contributed by atoms with van der Waals surface area (Å²) in [6, 6.07) is 31.7. The summed E-state index contributed by atoms with van der Waals surface area (Å²) in [5.41, 5.74) is 3.54. The first-order chi connectivity index (χ1) is 27.1. The lowest BCUT2D eigenvalue weighted by Gasteiger charge is -2.39. The van der Waals surface area contributed by atoms with Gasteiger partial charge >= 0.3 is 22.3 Å². The summed E-state index contributed by atoms with van der Waals surface area (Å²) >= 11 is 6.74. The molecule has 57 heavy (non-hydrogen) atoms. The van der Waals surface area contributed by atoms with Crippen LogP contribution in [-0.4, -0.2) is 88.9 Å². The zero-order chi connectivity index (χ0) is 41.1. The van der Waals surface area contributed by atoms with Crippen LogP contribution in [0.1, 0.15) is 81.5 Å². The van der Waals surface area contributed by atoms with Gasteiger partial charge in [-0.05, 0) is 66.6 Å². The topological polar surface area (TPSA) is 174 Å². The molecule has 0 aliphatic carbocycles. The number of piperidine rings is 2. The molecule has 4 aromatic rings. The molecule has 0 unspecified atom stereocenters. The highest BCUT2D eigenvalue weighted by atomic mass is 79.9. The summed E-state index contributed by atoms with van der Waals surface area (Å²) in [4.78, 5) is 28.5. The van der Waals surface area contributed by atoms with Gasteiger partial charge in [0.25, 0.3) is 0 Å². The molecule has 0 atom stereocenters. The second-order valence-corrected chi connectivity index (χ2v) is 17.1. The van der Waals surface area contributed by atoms with E-state index in [1.165, 1.54) is 24.0 Å². The monoisotopic (exact) mass is 930 g/mol. The Morgan fingerprint density at radius 3 is 1.61 bits per heavy atom.